The maximum absolute atomic E-state index is 10.8. The van der Waals surface area contributed by atoms with Crippen molar-refractivity contribution in [1.29, 1.82) is 0 Å². The fourth-order valence-electron chi connectivity index (χ4n) is 3.19. The molecule has 3 aromatic carbocycles. The Morgan fingerprint density at radius 3 is 2.00 bits per heavy atom. The summed E-state index contributed by atoms with van der Waals surface area (Å²) < 4.78 is 16.3. The van der Waals surface area contributed by atoms with Gasteiger partial charge in [-0.2, -0.15) is 0 Å². The largest absolute Gasteiger partial charge is 0.507 e. The van der Waals surface area contributed by atoms with Gasteiger partial charge in [0.15, 0.2) is 0 Å². The van der Waals surface area contributed by atoms with Crippen LogP contribution in [0.3, 0.4) is 0 Å². The number of phenolic OH excluding ortho intramolecular Hbond substituents is 1. The number of methoxy groups -OCH3 is 3. The molecule has 25 heavy (non-hydrogen) atoms. The number of fused-ring (bicyclic) bond motifs is 1. The fraction of sp³-hybridized carbons (Fsp3) is 0.238. The van der Waals surface area contributed by atoms with E-state index in [4.69, 9.17) is 14.2 Å². The van der Waals surface area contributed by atoms with E-state index < -0.39 is 0 Å². The van der Waals surface area contributed by atoms with Gasteiger partial charge in [-0.25, -0.2) is 0 Å². The van der Waals surface area contributed by atoms with Crippen molar-refractivity contribution < 1.29 is 19.3 Å². The third-order valence-corrected chi connectivity index (χ3v) is 4.49. The molecule has 0 aliphatic carbocycles. The lowest BCUT2D eigenvalue weighted by Crippen LogP contribution is -2.00. The highest BCUT2D eigenvalue weighted by atomic mass is 16.5. The van der Waals surface area contributed by atoms with Crippen LogP contribution in [0, 0.1) is 6.92 Å². The smallest absolute Gasteiger partial charge is 0.129 e. The van der Waals surface area contributed by atoms with Gasteiger partial charge in [-0.1, -0.05) is 30.3 Å². The summed E-state index contributed by atoms with van der Waals surface area (Å²) in [4.78, 5) is 0. The summed E-state index contributed by atoms with van der Waals surface area (Å²) in [6.07, 6.45) is 0.494. The molecule has 0 unspecified atom stereocenters. The second kappa shape index (κ2) is 6.93. The van der Waals surface area contributed by atoms with Crippen molar-refractivity contribution in [3.8, 4) is 23.0 Å². The molecule has 0 saturated heterocycles. The molecular formula is C21H22O4. The summed E-state index contributed by atoms with van der Waals surface area (Å²) in [5, 5.41) is 12.7. The Bertz CT molecular complexity index is 890. The molecule has 0 bridgehead atoms. The molecule has 0 saturated carbocycles. The van der Waals surface area contributed by atoms with Crippen LogP contribution in [0.2, 0.25) is 0 Å². The monoisotopic (exact) mass is 338 g/mol. The third kappa shape index (κ3) is 3.07. The van der Waals surface area contributed by atoms with Gasteiger partial charge in [0, 0.05) is 29.5 Å². The Balaban J connectivity index is 2.14. The van der Waals surface area contributed by atoms with Crippen molar-refractivity contribution in [2.24, 2.45) is 0 Å². The molecule has 4 nitrogen and oxygen atoms in total. The minimum atomic E-state index is 0.293. The maximum Gasteiger partial charge on any atom is 0.129 e. The molecule has 0 heterocycles. The zero-order chi connectivity index (χ0) is 18.0. The molecule has 0 atom stereocenters. The highest BCUT2D eigenvalue weighted by molar-refractivity contribution is 5.92. The van der Waals surface area contributed by atoms with Crippen molar-refractivity contribution in [3.63, 3.8) is 0 Å². The van der Waals surface area contributed by atoms with Crippen LogP contribution in [-0.2, 0) is 6.42 Å². The van der Waals surface area contributed by atoms with Crippen LogP contribution in [0.25, 0.3) is 10.8 Å². The summed E-state index contributed by atoms with van der Waals surface area (Å²) in [7, 11) is 4.83. The van der Waals surface area contributed by atoms with Crippen LogP contribution in [0.15, 0.2) is 42.5 Å². The first kappa shape index (κ1) is 17.0. The van der Waals surface area contributed by atoms with Gasteiger partial charge in [0.05, 0.1) is 21.3 Å². The van der Waals surface area contributed by atoms with E-state index >= 15 is 0 Å². The van der Waals surface area contributed by atoms with Crippen LogP contribution < -0.4 is 14.2 Å². The van der Waals surface area contributed by atoms with Gasteiger partial charge in [-0.3, -0.25) is 0 Å². The average molecular weight is 338 g/mol. The van der Waals surface area contributed by atoms with Crippen LogP contribution in [0.4, 0.5) is 0 Å². The predicted octanol–water partition coefficient (Wildman–Crippen LogP) is 4.47. The van der Waals surface area contributed by atoms with Crippen LogP contribution in [0.5, 0.6) is 23.0 Å². The van der Waals surface area contributed by atoms with Crippen LogP contribution >= 0.6 is 0 Å². The lowest BCUT2D eigenvalue weighted by molar-refractivity contribution is 0.369. The van der Waals surface area contributed by atoms with Gasteiger partial charge >= 0.3 is 0 Å². The summed E-state index contributed by atoms with van der Waals surface area (Å²) in [6, 6.07) is 13.5. The van der Waals surface area contributed by atoms with Gasteiger partial charge in [-0.15, -0.1) is 0 Å². The number of aromatic hydroxyl groups is 1. The van der Waals surface area contributed by atoms with E-state index in [1.165, 1.54) is 0 Å². The number of phenols is 1. The Hall–Kier alpha value is -2.88. The quantitative estimate of drug-likeness (QED) is 0.745. The Morgan fingerprint density at radius 1 is 0.840 bits per heavy atom. The fourth-order valence-corrected chi connectivity index (χ4v) is 3.19. The first-order valence-electron chi connectivity index (χ1n) is 8.08. The molecule has 0 amide bonds. The molecule has 0 aliphatic heterocycles. The first-order valence-corrected chi connectivity index (χ1v) is 8.08. The Kier molecular flexibility index (Phi) is 4.70. The number of ether oxygens (including phenoxy) is 3. The van der Waals surface area contributed by atoms with Crippen molar-refractivity contribution in [2.45, 2.75) is 13.3 Å². The molecule has 0 radical (unpaired) electrons. The average Bonchev–Trinajstić information content (AvgIpc) is 2.65. The van der Waals surface area contributed by atoms with E-state index in [1.54, 1.807) is 21.3 Å². The van der Waals surface area contributed by atoms with E-state index in [2.05, 4.69) is 0 Å². The predicted molar refractivity (Wildman–Crippen MR) is 99.3 cm³/mol. The highest BCUT2D eigenvalue weighted by Gasteiger charge is 2.17. The lowest BCUT2D eigenvalue weighted by atomic mass is 9.95. The Labute approximate surface area is 147 Å². The second-order valence-corrected chi connectivity index (χ2v) is 5.93. The molecule has 1 N–H and O–H groups in total. The highest BCUT2D eigenvalue weighted by Crippen LogP contribution is 2.39. The van der Waals surface area contributed by atoms with Crippen molar-refractivity contribution in [1.82, 2.24) is 0 Å². The van der Waals surface area contributed by atoms with E-state index in [9.17, 15) is 5.11 Å². The molecule has 4 heteroatoms. The normalized spacial score (nSPS) is 10.7. The molecule has 0 aliphatic rings. The molecular weight excluding hydrogens is 316 g/mol. The van der Waals surface area contributed by atoms with Crippen LogP contribution in [0.1, 0.15) is 16.7 Å². The minimum absolute atomic E-state index is 0.293. The third-order valence-electron chi connectivity index (χ3n) is 4.49. The molecule has 0 fully saturated rings. The second-order valence-electron chi connectivity index (χ2n) is 5.93. The van der Waals surface area contributed by atoms with E-state index in [0.29, 0.717) is 29.4 Å². The minimum Gasteiger partial charge on any atom is -0.507 e. The molecule has 0 spiro atoms. The zero-order valence-corrected chi connectivity index (χ0v) is 14.9. The van der Waals surface area contributed by atoms with Crippen molar-refractivity contribution in [3.05, 3.63) is 59.2 Å². The lowest BCUT2D eigenvalue weighted by Gasteiger charge is -2.17. The molecule has 3 rings (SSSR count). The van der Waals surface area contributed by atoms with Gasteiger partial charge in [0.25, 0.3) is 0 Å². The molecule has 0 aromatic heterocycles. The van der Waals surface area contributed by atoms with Gasteiger partial charge < -0.3 is 19.3 Å². The molecule has 130 valence electrons. The topological polar surface area (TPSA) is 47.9 Å². The Morgan fingerprint density at radius 2 is 1.44 bits per heavy atom. The first-order chi connectivity index (χ1) is 12.1. The van der Waals surface area contributed by atoms with Crippen molar-refractivity contribution in [2.75, 3.05) is 21.3 Å². The van der Waals surface area contributed by atoms with E-state index in [1.807, 2.05) is 49.4 Å². The SMILES string of the molecule is COc1cc(OC)c(Cc2cc(C)c3ccccc3c2O)c(OC)c1. The number of hydrogen-bond donors (Lipinski definition) is 1. The van der Waals surface area contributed by atoms with Gasteiger partial charge in [-0.05, 0) is 23.4 Å². The molecule has 3 aromatic rings. The number of benzene rings is 3. The summed E-state index contributed by atoms with van der Waals surface area (Å²) in [5.74, 6) is 2.29. The van der Waals surface area contributed by atoms with E-state index in [0.717, 1.165) is 27.5 Å². The summed E-state index contributed by atoms with van der Waals surface area (Å²) in [6.45, 7) is 2.05. The zero-order valence-electron chi connectivity index (χ0n) is 14.9. The standard InChI is InChI=1S/C21H22O4/c1-13-9-14(21(22)17-8-6-5-7-16(13)17)10-18-19(24-3)11-15(23-2)12-20(18)25-4/h5-9,11-12,22H,10H2,1-4H3. The number of hydrogen-bond acceptors (Lipinski definition) is 4. The van der Waals surface area contributed by atoms with Crippen molar-refractivity contribution >= 4 is 10.8 Å². The summed E-state index contributed by atoms with van der Waals surface area (Å²) >= 11 is 0. The number of rotatable bonds is 5. The summed E-state index contributed by atoms with van der Waals surface area (Å²) in [5.41, 5.74) is 2.82. The van der Waals surface area contributed by atoms with Gasteiger partial charge in [0.1, 0.15) is 23.0 Å². The van der Waals surface area contributed by atoms with E-state index in [-0.39, 0.29) is 0 Å². The maximum atomic E-state index is 10.8. The number of aryl methyl sites for hydroxylation is 1. The van der Waals surface area contributed by atoms with Gasteiger partial charge in [0.2, 0.25) is 0 Å². The van der Waals surface area contributed by atoms with Crippen LogP contribution in [-0.4, -0.2) is 26.4 Å².